The smallest absolute Gasteiger partial charge is 0.129 e. The highest BCUT2D eigenvalue weighted by molar-refractivity contribution is 7.13. The normalized spacial score (nSPS) is 11.2. The van der Waals surface area contributed by atoms with Crippen LogP contribution in [-0.4, -0.2) is 11.9 Å². The van der Waals surface area contributed by atoms with Crippen molar-refractivity contribution in [3.8, 4) is 0 Å². The molecule has 0 radical (unpaired) electrons. The minimum atomic E-state index is -1.48. The van der Waals surface area contributed by atoms with Gasteiger partial charge in [0.1, 0.15) is 5.78 Å². The average Bonchev–Trinajstić information content (AvgIpc) is 2.79. The van der Waals surface area contributed by atoms with Crippen molar-refractivity contribution in [2.24, 2.45) is 0 Å². The fourth-order valence-corrected chi connectivity index (χ4v) is 4.43. The number of rotatable bonds is 6. The summed E-state index contributed by atoms with van der Waals surface area (Å²) in [6.45, 7) is 0. The fourth-order valence-electron chi connectivity index (χ4n) is 4.31. The van der Waals surface area contributed by atoms with Crippen molar-refractivity contribution in [1.29, 1.82) is 0 Å². The molecule has 4 aromatic carbocycles. The summed E-state index contributed by atoms with van der Waals surface area (Å²) >= 11 is 6.03. The summed E-state index contributed by atoms with van der Waals surface area (Å²) in [6.07, 6.45) is -1.09. The summed E-state index contributed by atoms with van der Waals surface area (Å²) in [7, 11) is 0. The van der Waals surface area contributed by atoms with Crippen LogP contribution >= 0.6 is 11.6 Å². The first-order valence-corrected chi connectivity index (χ1v) is 10.2. The first-order chi connectivity index (χ1) is 14.2. The molecule has 0 heterocycles. The van der Waals surface area contributed by atoms with Crippen LogP contribution in [0.15, 0.2) is 115 Å². The van der Waals surface area contributed by atoms with Crippen molar-refractivity contribution in [3.63, 3.8) is 0 Å². The lowest BCUT2D eigenvalue weighted by Crippen LogP contribution is -2.67. The van der Waals surface area contributed by atoms with Crippen LogP contribution in [0.1, 0.15) is 10.4 Å². The first-order valence-electron chi connectivity index (χ1n) is 9.82. The van der Waals surface area contributed by atoms with Crippen LogP contribution in [0.25, 0.3) is 0 Å². The van der Waals surface area contributed by atoms with Crippen LogP contribution in [0, 0.1) is 0 Å². The molecule has 4 rings (SSSR count). The quantitative estimate of drug-likeness (QED) is 0.342. The van der Waals surface area contributed by atoms with Crippen molar-refractivity contribution in [2.45, 2.75) is 6.32 Å². The summed E-state index contributed by atoms with van der Waals surface area (Å²) < 4.78 is 0. The summed E-state index contributed by atoms with van der Waals surface area (Å²) in [5.74, 6) is 0.109. The van der Waals surface area contributed by atoms with Crippen LogP contribution in [-0.2, 0) is 0 Å². The van der Waals surface area contributed by atoms with Gasteiger partial charge in [-0.15, -0.1) is 6.32 Å². The van der Waals surface area contributed by atoms with Crippen LogP contribution < -0.4 is 16.4 Å². The average molecular weight is 396 g/mol. The Kier molecular flexibility index (Phi) is 5.64. The molecule has 0 aromatic heterocycles. The summed E-state index contributed by atoms with van der Waals surface area (Å²) in [5.41, 5.74) is 4.16. The van der Waals surface area contributed by atoms with E-state index in [0.29, 0.717) is 16.9 Å². The Bertz CT molecular complexity index is 981. The maximum atomic E-state index is 13.5. The number of hydrogen-bond donors (Lipinski definition) is 0. The van der Waals surface area contributed by atoms with Crippen molar-refractivity contribution < 1.29 is 4.79 Å². The van der Waals surface area contributed by atoms with Gasteiger partial charge in [0.25, 0.3) is 0 Å². The van der Waals surface area contributed by atoms with Gasteiger partial charge in [0.05, 0.1) is 6.15 Å². The van der Waals surface area contributed by atoms with E-state index in [1.807, 2.05) is 66.7 Å². The van der Waals surface area contributed by atoms with Crippen molar-refractivity contribution in [1.82, 2.24) is 0 Å². The number of hydrogen-bond acceptors (Lipinski definition) is 1. The molecule has 142 valence electrons. The topological polar surface area (TPSA) is 17.1 Å². The Labute approximate surface area is 176 Å². The first kappa shape index (κ1) is 19.2. The summed E-state index contributed by atoms with van der Waals surface area (Å²) in [5, 5.41) is 0.632. The van der Waals surface area contributed by atoms with Crippen LogP contribution in [0.5, 0.6) is 0 Å². The molecular weight excluding hydrogens is 375 g/mol. The Balaban J connectivity index is 1.92. The lowest BCUT2D eigenvalue weighted by molar-refractivity contribution is 0.101. The Morgan fingerprint density at radius 2 is 0.966 bits per heavy atom. The number of carbonyl (C=O) groups excluding carboxylic acids is 1. The zero-order valence-corrected chi connectivity index (χ0v) is 16.8. The van der Waals surface area contributed by atoms with Crippen molar-refractivity contribution in [2.75, 3.05) is 0 Å². The van der Waals surface area contributed by atoms with E-state index in [4.69, 9.17) is 11.6 Å². The molecule has 3 heteroatoms. The highest BCUT2D eigenvalue weighted by atomic mass is 35.5. The van der Waals surface area contributed by atoms with Gasteiger partial charge >= 0.3 is 0 Å². The van der Waals surface area contributed by atoms with Gasteiger partial charge in [0.2, 0.25) is 0 Å². The van der Waals surface area contributed by atoms with Crippen LogP contribution in [0.2, 0.25) is 11.3 Å². The molecule has 0 aliphatic carbocycles. The third-order valence-corrected chi connectivity index (χ3v) is 6.02. The Morgan fingerprint density at radius 1 is 0.586 bits per heavy atom. The third-order valence-electron chi connectivity index (χ3n) is 5.76. The molecule has 0 spiro atoms. The highest BCUT2D eigenvalue weighted by Gasteiger charge is 2.32. The summed E-state index contributed by atoms with van der Waals surface area (Å²) in [4.78, 5) is 13.5. The molecule has 0 amide bonds. The molecule has 0 unspecified atom stereocenters. The van der Waals surface area contributed by atoms with Gasteiger partial charge in [-0.1, -0.05) is 115 Å². The van der Waals surface area contributed by atoms with E-state index < -0.39 is 6.15 Å². The molecule has 29 heavy (non-hydrogen) atoms. The molecule has 0 aliphatic rings. The second-order valence-corrected chi connectivity index (χ2v) is 7.85. The van der Waals surface area contributed by atoms with Gasteiger partial charge in [-0.25, -0.2) is 0 Å². The van der Waals surface area contributed by atoms with E-state index in [-0.39, 0.29) is 5.78 Å². The lowest BCUT2D eigenvalue weighted by atomic mass is 9.14. The number of benzene rings is 4. The van der Waals surface area contributed by atoms with E-state index in [0.717, 1.165) is 16.4 Å². The van der Waals surface area contributed by atoms with E-state index >= 15 is 0 Å². The van der Waals surface area contributed by atoms with E-state index in [2.05, 4.69) is 36.4 Å². The van der Waals surface area contributed by atoms with E-state index in [1.54, 1.807) is 12.1 Å². The second-order valence-electron chi connectivity index (χ2n) is 7.41. The third kappa shape index (κ3) is 3.90. The van der Waals surface area contributed by atoms with Gasteiger partial charge in [0, 0.05) is 10.6 Å². The minimum Gasteiger partial charge on any atom is -0.298 e. The zero-order valence-electron chi connectivity index (χ0n) is 16.0. The molecule has 0 fully saturated rings. The lowest BCUT2D eigenvalue weighted by Gasteiger charge is -2.42. The molecular formula is C26H21BClO-. The minimum absolute atomic E-state index is 0.109. The summed E-state index contributed by atoms with van der Waals surface area (Å²) in [6, 6.07) is 38.3. The van der Waals surface area contributed by atoms with Gasteiger partial charge in [-0.3, -0.25) is 4.79 Å². The van der Waals surface area contributed by atoms with Gasteiger partial charge in [-0.05, 0) is 12.1 Å². The molecule has 4 aromatic rings. The number of ketones is 1. The highest BCUT2D eigenvalue weighted by Crippen LogP contribution is 2.18. The van der Waals surface area contributed by atoms with Gasteiger partial charge in [0.15, 0.2) is 0 Å². The predicted molar refractivity (Wildman–Crippen MR) is 125 cm³/mol. The molecule has 0 N–H and O–H groups in total. The molecule has 0 bridgehead atoms. The van der Waals surface area contributed by atoms with Crippen LogP contribution in [0.4, 0.5) is 0 Å². The molecule has 0 saturated carbocycles. The van der Waals surface area contributed by atoms with Crippen molar-refractivity contribution >= 4 is 39.9 Å². The molecule has 0 saturated heterocycles. The largest absolute Gasteiger partial charge is 0.298 e. The van der Waals surface area contributed by atoms with Gasteiger partial charge in [-0.2, -0.15) is 16.4 Å². The Hall–Kier alpha value is -3.10. The maximum absolute atomic E-state index is 13.5. The number of Topliss-reactive ketones (excluding diaryl/α,β-unsaturated/α-hetero) is 1. The second kappa shape index (κ2) is 8.51. The monoisotopic (exact) mass is 395 g/mol. The zero-order chi connectivity index (χ0) is 20.1. The van der Waals surface area contributed by atoms with Crippen LogP contribution in [0.3, 0.4) is 0 Å². The number of carbonyl (C=O) groups is 1. The van der Waals surface area contributed by atoms with Gasteiger partial charge < -0.3 is 0 Å². The fraction of sp³-hybridized carbons (Fsp3) is 0.0385. The predicted octanol–water partition coefficient (Wildman–Crippen LogP) is 4.69. The Morgan fingerprint density at radius 3 is 1.34 bits per heavy atom. The van der Waals surface area contributed by atoms with Crippen molar-refractivity contribution in [3.05, 3.63) is 126 Å². The van der Waals surface area contributed by atoms with E-state index in [9.17, 15) is 4.79 Å². The molecule has 0 atom stereocenters. The standard InChI is InChI=1S/C26H21BClO/c28-25-18-16-21(17-19-25)26(29)20-27(22-10-4-1-5-11-22,23-12-6-2-7-13-23)24-14-8-3-9-15-24/h1-19H,20H2/q-1. The van der Waals surface area contributed by atoms with E-state index in [1.165, 1.54) is 0 Å². The number of halogens is 1. The SMILES string of the molecule is O=C(C[B-](c1ccccc1)(c1ccccc1)c1ccccc1)c1ccc(Cl)cc1. The molecule has 1 nitrogen and oxygen atoms in total. The maximum Gasteiger partial charge on any atom is 0.129 e. The molecule has 0 aliphatic heterocycles.